The third-order valence-corrected chi connectivity index (χ3v) is 5.62. The number of nitro groups is 1. The molecule has 0 fully saturated rings. The van der Waals surface area contributed by atoms with Gasteiger partial charge >= 0.3 is 0 Å². The fourth-order valence-electron chi connectivity index (χ4n) is 2.96. The van der Waals surface area contributed by atoms with Crippen LogP contribution < -0.4 is 14.4 Å². The lowest BCUT2D eigenvalue weighted by Crippen LogP contribution is -2.38. The monoisotopic (exact) mass is 455 g/mol. The van der Waals surface area contributed by atoms with Gasteiger partial charge in [-0.15, -0.1) is 0 Å². The summed E-state index contributed by atoms with van der Waals surface area (Å²) in [6.45, 7) is 1.04. The van der Waals surface area contributed by atoms with E-state index < -0.39 is 27.4 Å². The van der Waals surface area contributed by atoms with Crippen LogP contribution in [-0.4, -0.2) is 32.0 Å². The first kappa shape index (κ1) is 22.8. The Bertz CT molecular complexity index is 1250. The molecule has 0 aromatic heterocycles. The number of aryl methyl sites for hydroxylation is 1. The van der Waals surface area contributed by atoms with Gasteiger partial charge in [-0.1, -0.05) is 36.4 Å². The van der Waals surface area contributed by atoms with Gasteiger partial charge in [-0.2, -0.15) is 0 Å². The number of nitrogens with one attached hydrogen (secondary N) is 1. The van der Waals surface area contributed by atoms with Gasteiger partial charge in [-0.25, -0.2) is 8.42 Å². The molecule has 166 valence electrons. The van der Waals surface area contributed by atoms with Crippen LogP contribution >= 0.6 is 0 Å². The number of nitrogens with zero attached hydrogens (tertiary/aromatic N) is 2. The number of anilines is 2. The Morgan fingerprint density at radius 3 is 2.38 bits per heavy atom. The average Bonchev–Trinajstić information content (AvgIpc) is 2.74. The highest BCUT2D eigenvalue weighted by atomic mass is 32.2. The van der Waals surface area contributed by atoms with Crippen molar-refractivity contribution in [2.24, 2.45) is 0 Å². The molecular weight excluding hydrogens is 434 g/mol. The number of ether oxygens (including phenoxy) is 1. The summed E-state index contributed by atoms with van der Waals surface area (Å²) < 4.78 is 31.5. The molecule has 3 aromatic rings. The molecule has 0 unspecified atom stereocenters. The van der Waals surface area contributed by atoms with E-state index in [9.17, 15) is 23.3 Å². The molecule has 1 amide bonds. The van der Waals surface area contributed by atoms with E-state index in [1.807, 2.05) is 18.2 Å². The van der Waals surface area contributed by atoms with Crippen LogP contribution in [0, 0.1) is 17.0 Å². The lowest BCUT2D eigenvalue weighted by atomic mass is 10.2. The molecule has 3 aromatic carbocycles. The summed E-state index contributed by atoms with van der Waals surface area (Å²) in [6, 6.07) is 19.6. The maximum absolute atomic E-state index is 12.8. The van der Waals surface area contributed by atoms with Crippen LogP contribution in [0.25, 0.3) is 0 Å². The Labute approximate surface area is 185 Å². The van der Waals surface area contributed by atoms with E-state index in [0.29, 0.717) is 22.7 Å². The van der Waals surface area contributed by atoms with Gasteiger partial charge in [0.05, 0.1) is 22.6 Å². The van der Waals surface area contributed by atoms with Gasteiger partial charge in [0.25, 0.3) is 5.69 Å². The number of carbonyl (C=O) groups excluding carboxylic acids is 1. The van der Waals surface area contributed by atoms with Gasteiger partial charge < -0.3 is 10.1 Å². The van der Waals surface area contributed by atoms with Crippen LogP contribution in [-0.2, 0) is 14.8 Å². The number of para-hydroxylation sites is 3. The number of sulfonamides is 1. The largest absolute Gasteiger partial charge is 0.455 e. The molecule has 0 spiro atoms. The highest BCUT2D eigenvalue weighted by molar-refractivity contribution is 7.92. The maximum atomic E-state index is 12.8. The van der Waals surface area contributed by atoms with E-state index in [0.717, 1.165) is 16.6 Å². The first-order valence-corrected chi connectivity index (χ1v) is 11.3. The van der Waals surface area contributed by atoms with Crippen LogP contribution in [0.2, 0.25) is 0 Å². The van der Waals surface area contributed by atoms with Crippen molar-refractivity contribution in [1.82, 2.24) is 0 Å². The molecule has 0 saturated carbocycles. The Hall–Kier alpha value is -3.92. The summed E-state index contributed by atoms with van der Waals surface area (Å²) in [5.41, 5.74) is 0.610. The smallest absolute Gasteiger partial charge is 0.271 e. The van der Waals surface area contributed by atoms with E-state index in [-0.39, 0.29) is 11.4 Å². The van der Waals surface area contributed by atoms with Gasteiger partial charge in [0, 0.05) is 12.1 Å². The molecule has 0 heterocycles. The molecule has 0 aliphatic heterocycles. The van der Waals surface area contributed by atoms with Crippen molar-refractivity contribution >= 4 is 33.0 Å². The number of nitro benzene ring substituents is 1. The molecule has 9 nitrogen and oxygen atoms in total. The van der Waals surface area contributed by atoms with Crippen LogP contribution in [0.4, 0.5) is 17.1 Å². The van der Waals surface area contributed by atoms with Gasteiger partial charge in [0.2, 0.25) is 15.9 Å². The molecule has 10 heteroatoms. The second-order valence-corrected chi connectivity index (χ2v) is 8.86. The van der Waals surface area contributed by atoms with Crippen molar-refractivity contribution in [3.63, 3.8) is 0 Å². The summed E-state index contributed by atoms with van der Waals surface area (Å²) in [5, 5.41) is 13.8. The van der Waals surface area contributed by atoms with Crippen LogP contribution in [0.3, 0.4) is 0 Å². The van der Waals surface area contributed by atoms with E-state index in [2.05, 4.69) is 5.32 Å². The number of amides is 1. The average molecular weight is 455 g/mol. The third kappa shape index (κ3) is 5.61. The molecule has 0 bridgehead atoms. The number of non-ortho nitro benzene ring substituents is 1. The molecule has 32 heavy (non-hydrogen) atoms. The summed E-state index contributed by atoms with van der Waals surface area (Å²) in [7, 11) is -3.91. The second kappa shape index (κ2) is 9.48. The van der Waals surface area contributed by atoms with E-state index in [1.165, 1.54) is 12.1 Å². The highest BCUT2D eigenvalue weighted by Crippen LogP contribution is 2.30. The van der Waals surface area contributed by atoms with Crippen molar-refractivity contribution in [2.45, 2.75) is 6.92 Å². The minimum Gasteiger partial charge on any atom is -0.455 e. The van der Waals surface area contributed by atoms with Gasteiger partial charge in [-0.3, -0.25) is 19.2 Å². The number of rotatable bonds is 8. The van der Waals surface area contributed by atoms with Crippen molar-refractivity contribution in [3.05, 3.63) is 88.5 Å². The quantitative estimate of drug-likeness (QED) is 0.403. The van der Waals surface area contributed by atoms with Crippen LogP contribution in [0.15, 0.2) is 72.8 Å². The summed E-state index contributed by atoms with van der Waals surface area (Å²) >= 11 is 0. The van der Waals surface area contributed by atoms with Crippen molar-refractivity contribution in [2.75, 3.05) is 22.4 Å². The lowest BCUT2D eigenvalue weighted by Gasteiger charge is -2.23. The molecule has 0 aliphatic rings. The van der Waals surface area contributed by atoms with Crippen molar-refractivity contribution in [3.8, 4) is 11.5 Å². The molecule has 0 atom stereocenters. The molecule has 0 saturated heterocycles. The Morgan fingerprint density at radius 1 is 1.06 bits per heavy atom. The van der Waals surface area contributed by atoms with Gasteiger partial charge in [0.15, 0.2) is 5.75 Å². The zero-order valence-corrected chi connectivity index (χ0v) is 18.2. The first-order chi connectivity index (χ1) is 15.1. The first-order valence-electron chi connectivity index (χ1n) is 9.49. The molecule has 1 N–H and O–H groups in total. The highest BCUT2D eigenvalue weighted by Gasteiger charge is 2.25. The predicted molar refractivity (Wildman–Crippen MR) is 122 cm³/mol. The van der Waals surface area contributed by atoms with E-state index in [4.69, 9.17) is 4.74 Å². The third-order valence-electron chi connectivity index (χ3n) is 4.49. The molecule has 3 rings (SSSR count). The minimum absolute atomic E-state index is 0.0608. The van der Waals surface area contributed by atoms with Gasteiger partial charge in [-0.05, 0) is 36.8 Å². The molecule has 0 radical (unpaired) electrons. The number of benzene rings is 3. The van der Waals surface area contributed by atoms with E-state index in [1.54, 1.807) is 43.3 Å². The maximum Gasteiger partial charge on any atom is 0.271 e. The molecular formula is C22H21N3O6S. The summed E-state index contributed by atoms with van der Waals surface area (Å²) in [6.07, 6.45) is 0.936. The van der Waals surface area contributed by atoms with Crippen LogP contribution in [0.1, 0.15) is 5.56 Å². The second-order valence-electron chi connectivity index (χ2n) is 6.96. The zero-order chi connectivity index (χ0) is 23.3. The van der Waals surface area contributed by atoms with Crippen LogP contribution in [0.5, 0.6) is 11.5 Å². The number of hydrogen-bond donors (Lipinski definition) is 1. The Kier molecular flexibility index (Phi) is 6.74. The Morgan fingerprint density at radius 2 is 1.72 bits per heavy atom. The van der Waals surface area contributed by atoms with Gasteiger partial charge in [0.1, 0.15) is 12.3 Å². The summed E-state index contributed by atoms with van der Waals surface area (Å²) in [5.74, 6) is 0.314. The number of hydrogen-bond acceptors (Lipinski definition) is 6. The molecule has 0 aliphatic carbocycles. The van der Waals surface area contributed by atoms with Crippen molar-refractivity contribution in [1.29, 1.82) is 0 Å². The fourth-order valence-corrected chi connectivity index (χ4v) is 3.86. The topological polar surface area (TPSA) is 119 Å². The lowest BCUT2D eigenvalue weighted by molar-refractivity contribution is -0.384. The standard InChI is InChI=1S/C22H21N3O6S/c1-16-12-13-17(25(27)28)14-20(16)24(32(2,29)30)15-22(26)23-19-10-6-7-11-21(19)31-18-8-4-3-5-9-18/h3-14H,15H2,1-2H3,(H,23,26). The predicted octanol–water partition coefficient (Wildman–Crippen LogP) is 4.10. The number of carbonyl (C=O) groups is 1. The van der Waals surface area contributed by atoms with E-state index >= 15 is 0 Å². The fraction of sp³-hybridized carbons (Fsp3) is 0.136. The van der Waals surface area contributed by atoms with Crippen molar-refractivity contribution < 1.29 is 22.9 Å². The SMILES string of the molecule is Cc1ccc([N+](=O)[O-])cc1N(CC(=O)Nc1ccccc1Oc1ccccc1)S(C)(=O)=O. The minimum atomic E-state index is -3.91. The normalized spacial score (nSPS) is 10.9. The Balaban J connectivity index is 1.85. The summed E-state index contributed by atoms with van der Waals surface area (Å²) in [4.78, 5) is 23.3. The zero-order valence-electron chi connectivity index (χ0n) is 17.4.